The second-order valence-corrected chi connectivity index (χ2v) is 5.62. The van der Waals surface area contributed by atoms with Gasteiger partial charge in [0.2, 0.25) is 11.8 Å². The number of piperazine rings is 1. The number of unbranched alkanes of at least 4 members (excludes halogenated alkanes) is 5. The lowest BCUT2D eigenvalue weighted by molar-refractivity contribution is -0.152. The highest BCUT2D eigenvalue weighted by Gasteiger charge is 2.43. The second-order valence-electron chi connectivity index (χ2n) is 5.62. The Bertz CT molecular complexity index is 317. The molecule has 1 heterocycles. The zero-order valence-electron chi connectivity index (χ0n) is 12.6. The Hall–Kier alpha value is -1.06. The summed E-state index contributed by atoms with van der Waals surface area (Å²) >= 11 is 0. The minimum absolute atomic E-state index is 0.0133. The summed E-state index contributed by atoms with van der Waals surface area (Å²) in [6, 6.07) is 0. The Labute approximate surface area is 116 Å². The standard InChI is InChI=1S/C15H28N2O2/c1-4-6-7-8-9-10-11-17-13(18)12-16-14(19)15(17,3)5-2/h4-12H2,1-3H3,(H,16,19). The summed E-state index contributed by atoms with van der Waals surface area (Å²) in [6.07, 6.45) is 7.85. The number of nitrogens with one attached hydrogen (secondary N) is 1. The summed E-state index contributed by atoms with van der Waals surface area (Å²) in [7, 11) is 0. The van der Waals surface area contributed by atoms with Crippen LogP contribution in [0.5, 0.6) is 0 Å². The van der Waals surface area contributed by atoms with Crippen molar-refractivity contribution in [2.75, 3.05) is 13.1 Å². The smallest absolute Gasteiger partial charge is 0.246 e. The van der Waals surface area contributed by atoms with E-state index >= 15 is 0 Å². The lowest BCUT2D eigenvalue weighted by Gasteiger charge is -2.43. The molecule has 1 atom stereocenters. The van der Waals surface area contributed by atoms with E-state index in [9.17, 15) is 9.59 Å². The van der Waals surface area contributed by atoms with E-state index in [1.165, 1.54) is 25.7 Å². The fraction of sp³-hybridized carbons (Fsp3) is 0.867. The van der Waals surface area contributed by atoms with Crippen LogP contribution >= 0.6 is 0 Å². The van der Waals surface area contributed by atoms with Crippen LogP contribution in [0.15, 0.2) is 0 Å². The number of amides is 2. The first kappa shape index (κ1) is 16.0. The third kappa shape index (κ3) is 3.95. The Morgan fingerprint density at radius 2 is 1.74 bits per heavy atom. The van der Waals surface area contributed by atoms with Gasteiger partial charge in [-0.3, -0.25) is 9.59 Å². The quantitative estimate of drug-likeness (QED) is 0.688. The van der Waals surface area contributed by atoms with E-state index in [1.807, 2.05) is 13.8 Å². The van der Waals surface area contributed by atoms with E-state index < -0.39 is 5.54 Å². The Morgan fingerprint density at radius 3 is 2.37 bits per heavy atom. The van der Waals surface area contributed by atoms with Gasteiger partial charge in [-0.2, -0.15) is 0 Å². The first-order chi connectivity index (χ1) is 9.06. The number of carbonyl (C=O) groups excluding carboxylic acids is 2. The molecule has 0 saturated carbocycles. The van der Waals surface area contributed by atoms with Crippen LogP contribution in [0.25, 0.3) is 0 Å². The molecule has 0 bridgehead atoms. The zero-order chi connectivity index (χ0) is 14.3. The van der Waals surface area contributed by atoms with Gasteiger partial charge in [-0.05, 0) is 19.8 Å². The normalized spacial score (nSPS) is 23.6. The molecule has 0 aromatic carbocycles. The van der Waals surface area contributed by atoms with Crippen molar-refractivity contribution >= 4 is 11.8 Å². The van der Waals surface area contributed by atoms with Crippen LogP contribution < -0.4 is 5.32 Å². The predicted octanol–water partition coefficient (Wildman–Crippen LogP) is 2.47. The molecule has 0 aliphatic carbocycles. The molecular weight excluding hydrogens is 240 g/mol. The highest BCUT2D eigenvalue weighted by atomic mass is 16.2. The summed E-state index contributed by atoms with van der Waals surface area (Å²) < 4.78 is 0. The molecule has 2 amide bonds. The first-order valence-electron chi connectivity index (χ1n) is 7.65. The molecule has 4 heteroatoms. The van der Waals surface area contributed by atoms with Gasteiger partial charge in [0, 0.05) is 6.54 Å². The maximum absolute atomic E-state index is 12.0. The van der Waals surface area contributed by atoms with Crippen LogP contribution in [-0.4, -0.2) is 35.3 Å². The number of carbonyl (C=O) groups is 2. The zero-order valence-corrected chi connectivity index (χ0v) is 12.6. The van der Waals surface area contributed by atoms with Crippen molar-refractivity contribution in [3.63, 3.8) is 0 Å². The van der Waals surface area contributed by atoms with Crippen LogP contribution in [0.1, 0.15) is 65.7 Å². The second kappa shape index (κ2) is 7.51. The summed E-state index contributed by atoms with van der Waals surface area (Å²) in [4.78, 5) is 25.7. The van der Waals surface area contributed by atoms with Gasteiger partial charge in [-0.1, -0.05) is 46.0 Å². The van der Waals surface area contributed by atoms with Gasteiger partial charge >= 0.3 is 0 Å². The molecule has 0 aromatic heterocycles. The van der Waals surface area contributed by atoms with Gasteiger partial charge in [0.15, 0.2) is 0 Å². The summed E-state index contributed by atoms with van der Waals surface area (Å²) in [5.41, 5.74) is -0.654. The SMILES string of the molecule is CCCCCCCCN1C(=O)CNC(=O)C1(C)CC. The molecule has 0 spiro atoms. The van der Waals surface area contributed by atoms with Gasteiger partial charge in [0.25, 0.3) is 0 Å². The molecule has 1 unspecified atom stereocenters. The summed E-state index contributed by atoms with van der Waals surface area (Å²) in [6.45, 7) is 6.91. The minimum Gasteiger partial charge on any atom is -0.345 e. The van der Waals surface area contributed by atoms with Gasteiger partial charge < -0.3 is 10.2 Å². The van der Waals surface area contributed by atoms with Crippen LogP contribution in [-0.2, 0) is 9.59 Å². The van der Waals surface area contributed by atoms with Crippen molar-refractivity contribution in [1.82, 2.24) is 10.2 Å². The van der Waals surface area contributed by atoms with Crippen LogP contribution in [0.2, 0.25) is 0 Å². The summed E-state index contributed by atoms with van der Waals surface area (Å²) in [5, 5.41) is 2.69. The van der Waals surface area contributed by atoms with E-state index in [0.29, 0.717) is 13.0 Å². The average molecular weight is 268 g/mol. The lowest BCUT2D eigenvalue weighted by Crippen LogP contribution is -2.65. The fourth-order valence-corrected chi connectivity index (χ4v) is 2.61. The first-order valence-corrected chi connectivity index (χ1v) is 7.65. The molecular formula is C15H28N2O2. The molecule has 1 rings (SSSR count). The molecule has 19 heavy (non-hydrogen) atoms. The predicted molar refractivity (Wildman–Crippen MR) is 76.8 cm³/mol. The maximum atomic E-state index is 12.0. The Kier molecular flexibility index (Phi) is 6.32. The largest absolute Gasteiger partial charge is 0.345 e. The van der Waals surface area contributed by atoms with E-state index in [4.69, 9.17) is 0 Å². The third-order valence-electron chi connectivity index (χ3n) is 4.21. The Balaban J connectivity index is 2.44. The number of nitrogens with zero attached hydrogens (tertiary/aromatic N) is 1. The van der Waals surface area contributed by atoms with E-state index in [-0.39, 0.29) is 18.4 Å². The molecule has 0 aromatic rings. The van der Waals surface area contributed by atoms with Crippen LogP contribution in [0, 0.1) is 0 Å². The molecule has 1 saturated heterocycles. The van der Waals surface area contributed by atoms with Gasteiger partial charge in [-0.25, -0.2) is 0 Å². The molecule has 110 valence electrons. The number of rotatable bonds is 8. The van der Waals surface area contributed by atoms with Crippen LogP contribution in [0.4, 0.5) is 0 Å². The van der Waals surface area contributed by atoms with E-state index in [2.05, 4.69) is 12.2 Å². The topological polar surface area (TPSA) is 49.4 Å². The monoisotopic (exact) mass is 268 g/mol. The summed E-state index contributed by atoms with van der Waals surface area (Å²) in [5.74, 6) is 0.0399. The maximum Gasteiger partial charge on any atom is 0.246 e. The number of hydrogen-bond acceptors (Lipinski definition) is 2. The van der Waals surface area contributed by atoms with Crippen molar-refractivity contribution in [3.8, 4) is 0 Å². The molecule has 1 fully saturated rings. The van der Waals surface area contributed by atoms with E-state index in [1.54, 1.807) is 4.90 Å². The molecule has 4 nitrogen and oxygen atoms in total. The highest BCUT2D eigenvalue weighted by Crippen LogP contribution is 2.23. The van der Waals surface area contributed by atoms with Crippen molar-refractivity contribution in [2.45, 2.75) is 71.3 Å². The third-order valence-corrected chi connectivity index (χ3v) is 4.21. The molecule has 0 radical (unpaired) electrons. The lowest BCUT2D eigenvalue weighted by atomic mass is 9.92. The fourth-order valence-electron chi connectivity index (χ4n) is 2.61. The molecule has 1 aliphatic rings. The van der Waals surface area contributed by atoms with Crippen molar-refractivity contribution < 1.29 is 9.59 Å². The molecule has 1 aliphatic heterocycles. The minimum atomic E-state index is -0.654. The van der Waals surface area contributed by atoms with Gasteiger partial charge in [-0.15, -0.1) is 0 Å². The van der Waals surface area contributed by atoms with Crippen molar-refractivity contribution in [3.05, 3.63) is 0 Å². The van der Waals surface area contributed by atoms with Crippen molar-refractivity contribution in [2.24, 2.45) is 0 Å². The molecule has 1 N–H and O–H groups in total. The highest BCUT2D eigenvalue weighted by molar-refractivity contribution is 5.97. The van der Waals surface area contributed by atoms with E-state index in [0.717, 1.165) is 12.8 Å². The average Bonchev–Trinajstić information content (AvgIpc) is 2.41. The van der Waals surface area contributed by atoms with Crippen molar-refractivity contribution in [1.29, 1.82) is 0 Å². The Morgan fingerprint density at radius 1 is 1.11 bits per heavy atom. The van der Waals surface area contributed by atoms with Crippen LogP contribution in [0.3, 0.4) is 0 Å². The van der Waals surface area contributed by atoms with Gasteiger partial charge in [0.1, 0.15) is 5.54 Å². The number of hydrogen-bond donors (Lipinski definition) is 1. The van der Waals surface area contributed by atoms with Gasteiger partial charge in [0.05, 0.1) is 6.54 Å².